The van der Waals surface area contributed by atoms with Crippen molar-refractivity contribution in [1.82, 2.24) is 24.9 Å². The summed E-state index contributed by atoms with van der Waals surface area (Å²) < 4.78 is 50.4. The molecular weight excluding hydrogens is 556 g/mol. The summed E-state index contributed by atoms with van der Waals surface area (Å²) >= 11 is 0. The first-order valence-corrected chi connectivity index (χ1v) is 12.7. The number of methoxy groups -OCH3 is 1. The molecule has 3 aromatic rings. The van der Waals surface area contributed by atoms with Crippen LogP contribution in [0.1, 0.15) is 69.8 Å². The first-order chi connectivity index (χ1) is 17.6. The zero-order chi connectivity index (χ0) is 27.0. The number of ether oxygens (including phenoxy) is 2. The Morgan fingerprint density at radius 1 is 1.10 bits per heavy atom. The number of alkyl halides is 3. The predicted octanol–water partition coefficient (Wildman–Crippen LogP) is 6.23. The van der Waals surface area contributed by atoms with E-state index in [2.05, 4.69) is 22.2 Å². The second-order valence-corrected chi connectivity index (χ2v) is 9.24. The number of fused-ring (bicyclic) bond motifs is 1. The lowest BCUT2D eigenvalue weighted by Gasteiger charge is -2.16. The molecule has 0 spiro atoms. The molecule has 3 rings (SSSR count). The van der Waals surface area contributed by atoms with Gasteiger partial charge in [-0.2, -0.15) is 18.3 Å². The quantitative estimate of drug-likeness (QED) is 0.213. The van der Waals surface area contributed by atoms with Gasteiger partial charge in [0.05, 0.1) is 43.2 Å². The SMILES string of the molecule is CCN[C@H](C)c1cc(-c2cc(OCCCCC[C@@H](N)CCC(F)(F)F)c3nc(C)cn3n2)c(OC)cn1.Cl.Cl. The van der Waals surface area contributed by atoms with Crippen molar-refractivity contribution in [1.29, 1.82) is 0 Å². The lowest BCUT2D eigenvalue weighted by atomic mass is 10.0. The lowest BCUT2D eigenvalue weighted by molar-refractivity contribution is -0.136. The molecule has 0 fully saturated rings. The van der Waals surface area contributed by atoms with Gasteiger partial charge in [-0.15, -0.1) is 24.8 Å². The van der Waals surface area contributed by atoms with Crippen LogP contribution in [0.25, 0.3) is 16.9 Å². The van der Waals surface area contributed by atoms with Crippen LogP contribution in [0.5, 0.6) is 11.5 Å². The molecule has 0 amide bonds. The van der Waals surface area contributed by atoms with Gasteiger partial charge in [0.15, 0.2) is 11.4 Å². The van der Waals surface area contributed by atoms with Gasteiger partial charge in [0.1, 0.15) is 5.75 Å². The molecule has 13 heteroatoms. The van der Waals surface area contributed by atoms with E-state index in [4.69, 9.17) is 20.3 Å². The molecule has 0 bridgehead atoms. The van der Waals surface area contributed by atoms with Crippen LogP contribution in [0.2, 0.25) is 0 Å². The number of pyridine rings is 1. The van der Waals surface area contributed by atoms with Gasteiger partial charge in [0.2, 0.25) is 0 Å². The number of hydrogen-bond donors (Lipinski definition) is 2. The van der Waals surface area contributed by atoms with Crippen molar-refractivity contribution in [3.8, 4) is 22.8 Å². The van der Waals surface area contributed by atoms with E-state index < -0.39 is 18.6 Å². The number of rotatable bonds is 14. The maximum absolute atomic E-state index is 12.3. The average molecular weight is 596 g/mol. The Morgan fingerprint density at radius 2 is 1.85 bits per heavy atom. The molecule has 8 nitrogen and oxygen atoms in total. The molecule has 0 aliphatic heterocycles. The van der Waals surface area contributed by atoms with Crippen molar-refractivity contribution in [2.45, 2.75) is 77.6 Å². The molecule has 3 N–H and O–H groups in total. The monoisotopic (exact) mass is 594 g/mol. The third-order valence-corrected chi connectivity index (χ3v) is 6.13. The Balaban J connectivity index is 0.00000380. The van der Waals surface area contributed by atoms with Gasteiger partial charge >= 0.3 is 6.18 Å². The molecule has 220 valence electrons. The highest BCUT2D eigenvalue weighted by Crippen LogP contribution is 2.33. The van der Waals surface area contributed by atoms with E-state index in [1.807, 2.05) is 32.2 Å². The van der Waals surface area contributed by atoms with Gasteiger partial charge in [0, 0.05) is 30.1 Å². The van der Waals surface area contributed by atoms with Crippen LogP contribution in [0, 0.1) is 6.92 Å². The third-order valence-electron chi connectivity index (χ3n) is 6.13. The summed E-state index contributed by atoms with van der Waals surface area (Å²) in [6.45, 7) is 7.25. The van der Waals surface area contributed by atoms with Crippen LogP contribution in [0.3, 0.4) is 0 Å². The Morgan fingerprint density at radius 3 is 2.51 bits per heavy atom. The molecule has 0 saturated heterocycles. The van der Waals surface area contributed by atoms with Crippen molar-refractivity contribution >= 4 is 30.5 Å². The predicted molar refractivity (Wildman–Crippen MR) is 151 cm³/mol. The second-order valence-electron chi connectivity index (χ2n) is 9.24. The van der Waals surface area contributed by atoms with Gasteiger partial charge in [-0.1, -0.05) is 19.8 Å². The summed E-state index contributed by atoms with van der Waals surface area (Å²) in [7, 11) is 1.60. The number of nitrogens with one attached hydrogen (secondary N) is 1. The lowest BCUT2D eigenvalue weighted by Crippen LogP contribution is -2.22. The summed E-state index contributed by atoms with van der Waals surface area (Å²) in [5.41, 5.74) is 9.58. The van der Waals surface area contributed by atoms with Gasteiger partial charge in [-0.3, -0.25) is 4.98 Å². The fraction of sp³-hybridized carbons (Fsp3) is 0.577. The van der Waals surface area contributed by atoms with Crippen LogP contribution < -0.4 is 20.5 Å². The van der Waals surface area contributed by atoms with Gasteiger partial charge in [-0.25, -0.2) is 9.50 Å². The van der Waals surface area contributed by atoms with Gasteiger partial charge in [0.25, 0.3) is 0 Å². The van der Waals surface area contributed by atoms with Crippen LogP contribution in [0.15, 0.2) is 24.5 Å². The molecule has 2 atom stereocenters. The number of halogens is 5. The van der Waals surface area contributed by atoms with E-state index in [0.717, 1.165) is 42.8 Å². The summed E-state index contributed by atoms with van der Waals surface area (Å²) in [6, 6.07) is 3.45. The topological polar surface area (TPSA) is 99.6 Å². The van der Waals surface area contributed by atoms with E-state index >= 15 is 0 Å². The summed E-state index contributed by atoms with van der Waals surface area (Å²) in [6.07, 6.45) is 1.39. The van der Waals surface area contributed by atoms with Crippen LogP contribution in [0.4, 0.5) is 13.2 Å². The molecule has 3 aromatic heterocycles. The van der Waals surface area contributed by atoms with E-state index in [0.29, 0.717) is 35.9 Å². The third kappa shape index (κ3) is 10.3. The first-order valence-electron chi connectivity index (χ1n) is 12.7. The largest absolute Gasteiger partial charge is 0.494 e. The number of nitrogens with zero attached hydrogens (tertiary/aromatic N) is 4. The molecule has 3 heterocycles. The first kappa shape index (κ1) is 34.7. The molecule has 0 unspecified atom stereocenters. The van der Waals surface area contributed by atoms with Gasteiger partial charge in [-0.05, 0) is 45.7 Å². The van der Waals surface area contributed by atoms with Crippen molar-refractivity contribution < 1.29 is 22.6 Å². The van der Waals surface area contributed by atoms with Crippen molar-refractivity contribution in [2.75, 3.05) is 20.3 Å². The highest BCUT2D eigenvalue weighted by molar-refractivity contribution is 5.85. The van der Waals surface area contributed by atoms with Crippen molar-refractivity contribution in [3.05, 3.63) is 35.9 Å². The maximum Gasteiger partial charge on any atom is 0.389 e. The van der Waals surface area contributed by atoms with E-state index in [1.54, 1.807) is 17.8 Å². The standard InChI is InChI=1S/C26H37F3N6O2.2ClH/c1-5-31-18(3)21-13-20(24(36-4)15-32-21)22-14-23(25-33-17(2)16-35(25)34-22)37-12-8-6-7-9-19(30)10-11-26(27,28)29;;/h13-16,18-19,31H,5-12,30H2,1-4H3;2*1H/t18-,19-;;/m1../s1. The highest BCUT2D eigenvalue weighted by atomic mass is 35.5. The van der Waals surface area contributed by atoms with Crippen LogP contribution in [-0.2, 0) is 0 Å². The Kier molecular flexibility index (Phi) is 14.3. The van der Waals surface area contributed by atoms with Crippen LogP contribution in [-0.4, -0.2) is 52.1 Å². The van der Waals surface area contributed by atoms with E-state index in [-0.39, 0.29) is 37.3 Å². The van der Waals surface area contributed by atoms with Crippen molar-refractivity contribution in [3.63, 3.8) is 0 Å². The summed E-state index contributed by atoms with van der Waals surface area (Å²) in [5.74, 6) is 1.20. The number of unbranched alkanes of at least 4 members (excludes halogenated alkanes) is 2. The molecule has 0 aliphatic carbocycles. The minimum absolute atomic E-state index is 0. The number of imidazole rings is 1. The van der Waals surface area contributed by atoms with E-state index in [1.165, 1.54) is 0 Å². The van der Waals surface area contributed by atoms with E-state index in [9.17, 15) is 13.2 Å². The summed E-state index contributed by atoms with van der Waals surface area (Å²) in [4.78, 5) is 9.08. The normalized spacial score (nSPS) is 12.9. The number of hydrogen-bond acceptors (Lipinski definition) is 7. The molecule has 0 radical (unpaired) electrons. The number of aryl methyl sites for hydroxylation is 1. The second kappa shape index (κ2) is 16.1. The smallest absolute Gasteiger partial charge is 0.389 e. The highest BCUT2D eigenvalue weighted by Gasteiger charge is 2.27. The minimum Gasteiger partial charge on any atom is -0.494 e. The Bertz CT molecular complexity index is 1160. The molecule has 0 saturated carbocycles. The molecule has 0 aliphatic rings. The maximum atomic E-state index is 12.3. The van der Waals surface area contributed by atoms with Crippen LogP contribution >= 0.6 is 24.8 Å². The zero-order valence-corrected chi connectivity index (χ0v) is 24.4. The van der Waals surface area contributed by atoms with Crippen molar-refractivity contribution in [2.24, 2.45) is 5.73 Å². The Labute approximate surface area is 240 Å². The average Bonchev–Trinajstić information content (AvgIpc) is 3.24. The zero-order valence-electron chi connectivity index (χ0n) is 22.8. The fourth-order valence-corrected chi connectivity index (χ4v) is 4.13. The minimum atomic E-state index is -4.15. The fourth-order valence-electron chi connectivity index (χ4n) is 4.13. The number of aromatic nitrogens is 4. The summed E-state index contributed by atoms with van der Waals surface area (Å²) in [5, 5.41) is 8.11. The molecule has 39 heavy (non-hydrogen) atoms. The molecule has 0 aromatic carbocycles. The number of nitrogens with two attached hydrogens (primary N) is 1. The van der Waals surface area contributed by atoms with Gasteiger partial charge < -0.3 is 20.5 Å². The molecular formula is C26H39Cl2F3N6O2. The Hall–Kier alpha value is -2.34.